The van der Waals surface area contributed by atoms with Gasteiger partial charge in [0.15, 0.2) is 0 Å². The van der Waals surface area contributed by atoms with Crippen LogP contribution in [0.15, 0.2) is 24.3 Å². The lowest BCUT2D eigenvalue weighted by Gasteiger charge is -2.23. The third-order valence-corrected chi connectivity index (χ3v) is 6.16. The number of hydrogen-bond acceptors (Lipinski definition) is 2. The lowest BCUT2D eigenvalue weighted by Crippen LogP contribution is -2.23. The number of carboxylic acids is 1. The van der Waals surface area contributed by atoms with Crippen LogP contribution in [-0.2, 0) is 21.9 Å². The van der Waals surface area contributed by atoms with E-state index in [9.17, 15) is 14.3 Å². The summed E-state index contributed by atoms with van der Waals surface area (Å²) in [5.74, 6) is -1.87. The molecule has 106 valence electrons. The van der Waals surface area contributed by atoms with Crippen LogP contribution in [0.25, 0.3) is 0 Å². The quantitative estimate of drug-likeness (QED) is 0.787. The Bertz CT molecular complexity index is 498. The molecule has 0 aliphatic carbocycles. The summed E-state index contributed by atoms with van der Waals surface area (Å²) in [4.78, 5) is 21.1. The van der Waals surface area contributed by atoms with E-state index in [2.05, 4.69) is 0 Å². The first kappa shape index (κ1) is 15.9. The van der Waals surface area contributed by atoms with E-state index in [0.717, 1.165) is 17.5 Å². The van der Waals surface area contributed by atoms with Gasteiger partial charge in [0, 0.05) is 5.66 Å². The molecular formula is C14H21O4P. The Morgan fingerprint density at radius 3 is 2.26 bits per heavy atom. The predicted molar refractivity (Wildman–Crippen MR) is 75.6 cm³/mol. The van der Waals surface area contributed by atoms with Crippen LogP contribution in [0.1, 0.15) is 31.9 Å². The lowest BCUT2D eigenvalue weighted by atomic mass is 10.1. The largest absolute Gasteiger partial charge is 0.481 e. The molecule has 0 amide bonds. The number of rotatable bonds is 6. The number of aliphatic carboxylic acids is 1. The molecule has 4 nitrogen and oxygen atoms in total. The van der Waals surface area contributed by atoms with Crippen molar-refractivity contribution in [3.05, 3.63) is 35.4 Å². The molecule has 1 aromatic carbocycles. The van der Waals surface area contributed by atoms with E-state index in [1.807, 2.05) is 31.2 Å². The normalized spacial score (nSPS) is 17.5. The van der Waals surface area contributed by atoms with Gasteiger partial charge in [-0.1, -0.05) is 45.0 Å². The van der Waals surface area contributed by atoms with E-state index in [-0.39, 0.29) is 6.16 Å². The highest BCUT2D eigenvalue weighted by atomic mass is 31.2. The zero-order valence-electron chi connectivity index (χ0n) is 11.5. The van der Waals surface area contributed by atoms with Gasteiger partial charge in [-0.3, -0.25) is 9.36 Å². The first-order valence-electron chi connectivity index (χ1n) is 6.40. The zero-order chi connectivity index (χ0) is 14.6. The van der Waals surface area contributed by atoms with Crippen LogP contribution >= 0.6 is 7.37 Å². The summed E-state index contributed by atoms with van der Waals surface area (Å²) in [5, 5.41) is 8.95. The van der Waals surface area contributed by atoms with Crippen molar-refractivity contribution in [2.24, 2.45) is 5.92 Å². The number of aryl methyl sites for hydroxylation is 1. The topological polar surface area (TPSA) is 74.6 Å². The van der Waals surface area contributed by atoms with Gasteiger partial charge < -0.3 is 10.00 Å². The molecule has 0 heterocycles. The average Bonchev–Trinajstić information content (AvgIpc) is 2.37. The molecule has 3 unspecified atom stereocenters. The molecule has 0 saturated carbocycles. The van der Waals surface area contributed by atoms with Crippen molar-refractivity contribution in [2.45, 2.75) is 39.0 Å². The summed E-state index contributed by atoms with van der Waals surface area (Å²) in [5.41, 5.74) is 1.11. The van der Waals surface area contributed by atoms with Crippen molar-refractivity contribution in [3.63, 3.8) is 0 Å². The van der Waals surface area contributed by atoms with E-state index < -0.39 is 24.9 Å². The fourth-order valence-corrected chi connectivity index (χ4v) is 3.91. The Morgan fingerprint density at radius 2 is 1.79 bits per heavy atom. The highest BCUT2D eigenvalue weighted by Gasteiger charge is 2.35. The molecule has 1 aromatic rings. The van der Waals surface area contributed by atoms with Crippen molar-refractivity contribution in [2.75, 3.05) is 0 Å². The fourth-order valence-electron chi connectivity index (χ4n) is 2.00. The molecule has 0 radical (unpaired) electrons. The van der Waals surface area contributed by atoms with Crippen LogP contribution in [0.5, 0.6) is 0 Å². The molecule has 3 atom stereocenters. The van der Waals surface area contributed by atoms with E-state index in [1.165, 1.54) is 13.8 Å². The molecule has 2 N–H and O–H groups in total. The van der Waals surface area contributed by atoms with E-state index in [0.29, 0.717) is 0 Å². The molecule has 0 aliphatic heterocycles. The van der Waals surface area contributed by atoms with Gasteiger partial charge in [0.2, 0.25) is 7.37 Å². The number of hydrogen-bond donors (Lipinski definition) is 2. The van der Waals surface area contributed by atoms with Gasteiger partial charge in [-0.2, -0.15) is 0 Å². The van der Waals surface area contributed by atoms with Crippen LogP contribution in [0, 0.1) is 5.92 Å². The molecule has 0 fully saturated rings. The Hall–Kier alpha value is -1.12. The molecular weight excluding hydrogens is 263 g/mol. The van der Waals surface area contributed by atoms with Crippen LogP contribution in [0.4, 0.5) is 0 Å². The highest BCUT2D eigenvalue weighted by Crippen LogP contribution is 2.52. The summed E-state index contributed by atoms with van der Waals surface area (Å²) in [6.45, 7) is 5.00. The van der Waals surface area contributed by atoms with E-state index in [1.54, 1.807) is 0 Å². The third-order valence-electron chi connectivity index (χ3n) is 3.65. The Morgan fingerprint density at radius 1 is 1.26 bits per heavy atom. The van der Waals surface area contributed by atoms with E-state index in [4.69, 9.17) is 5.11 Å². The summed E-state index contributed by atoms with van der Waals surface area (Å²) in [6, 6.07) is 7.49. The number of benzene rings is 1. The fraction of sp³-hybridized carbons (Fsp3) is 0.500. The van der Waals surface area contributed by atoms with Crippen LogP contribution < -0.4 is 0 Å². The second-order valence-electron chi connectivity index (χ2n) is 4.90. The van der Waals surface area contributed by atoms with Gasteiger partial charge in [-0.15, -0.1) is 0 Å². The van der Waals surface area contributed by atoms with Crippen molar-refractivity contribution >= 4 is 13.3 Å². The molecule has 0 bridgehead atoms. The molecule has 5 heteroatoms. The second-order valence-corrected chi connectivity index (χ2v) is 7.55. The summed E-state index contributed by atoms with van der Waals surface area (Å²) < 4.78 is 12.4. The molecule has 0 spiro atoms. The Kier molecular flexibility index (Phi) is 5.33. The molecule has 0 aliphatic rings. The third kappa shape index (κ3) is 3.92. The predicted octanol–water partition coefficient (Wildman–Crippen LogP) is 3.13. The van der Waals surface area contributed by atoms with Crippen molar-refractivity contribution in [1.82, 2.24) is 0 Å². The van der Waals surface area contributed by atoms with Gasteiger partial charge in [-0.05, 0) is 17.5 Å². The van der Waals surface area contributed by atoms with Gasteiger partial charge in [0.1, 0.15) is 0 Å². The molecule has 1 rings (SSSR count). The van der Waals surface area contributed by atoms with Gasteiger partial charge in [0.05, 0.1) is 12.1 Å². The SMILES string of the molecule is CCc1ccccc1CP(=O)(O)C(C)C(C)C(=O)O. The average molecular weight is 284 g/mol. The molecule has 19 heavy (non-hydrogen) atoms. The summed E-state index contributed by atoms with van der Waals surface area (Å²) in [6.07, 6.45) is 0.828. The maximum atomic E-state index is 12.4. The first-order valence-corrected chi connectivity index (χ1v) is 8.32. The number of carboxylic acid groups (broad SMARTS) is 1. The van der Waals surface area contributed by atoms with Gasteiger partial charge >= 0.3 is 5.97 Å². The minimum absolute atomic E-state index is 0.0375. The van der Waals surface area contributed by atoms with E-state index >= 15 is 0 Å². The number of carbonyl (C=O) groups is 1. The molecule has 0 saturated heterocycles. The molecule has 0 aromatic heterocycles. The zero-order valence-corrected chi connectivity index (χ0v) is 12.4. The lowest BCUT2D eigenvalue weighted by molar-refractivity contribution is -0.141. The maximum Gasteiger partial charge on any atom is 0.307 e. The van der Waals surface area contributed by atoms with Gasteiger partial charge in [0.25, 0.3) is 0 Å². The smallest absolute Gasteiger partial charge is 0.307 e. The first-order chi connectivity index (χ1) is 8.79. The Labute approximate surface area is 113 Å². The van der Waals surface area contributed by atoms with Crippen molar-refractivity contribution in [3.8, 4) is 0 Å². The van der Waals surface area contributed by atoms with Crippen molar-refractivity contribution in [1.29, 1.82) is 0 Å². The van der Waals surface area contributed by atoms with Crippen LogP contribution in [0.2, 0.25) is 0 Å². The van der Waals surface area contributed by atoms with Gasteiger partial charge in [-0.25, -0.2) is 0 Å². The highest BCUT2D eigenvalue weighted by molar-refractivity contribution is 7.58. The second kappa shape index (κ2) is 6.36. The standard InChI is InChI=1S/C14H21O4P/c1-4-12-7-5-6-8-13(12)9-19(17,18)11(3)10(2)14(15)16/h5-8,10-11H,4,9H2,1-3H3,(H,15,16)(H,17,18). The Balaban J connectivity index is 2.96. The monoisotopic (exact) mass is 284 g/mol. The maximum absolute atomic E-state index is 12.4. The summed E-state index contributed by atoms with van der Waals surface area (Å²) >= 11 is 0. The van der Waals surface area contributed by atoms with Crippen molar-refractivity contribution < 1.29 is 19.4 Å². The van der Waals surface area contributed by atoms with Crippen LogP contribution in [0.3, 0.4) is 0 Å². The minimum Gasteiger partial charge on any atom is -0.481 e. The summed E-state index contributed by atoms with van der Waals surface area (Å²) in [7, 11) is -3.54. The van der Waals surface area contributed by atoms with Crippen LogP contribution in [-0.4, -0.2) is 21.6 Å². The minimum atomic E-state index is -3.54.